The summed E-state index contributed by atoms with van der Waals surface area (Å²) in [5.74, 6) is -0.402. The van der Waals surface area contributed by atoms with Crippen LogP contribution in [0.25, 0.3) is 0 Å². The summed E-state index contributed by atoms with van der Waals surface area (Å²) in [6.07, 6.45) is -0.567. The van der Waals surface area contributed by atoms with Crippen molar-refractivity contribution in [2.75, 3.05) is 0 Å². The van der Waals surface area contributed by atoms with Crippen molar-refractivity contribution in [1.29, 1.82) is 0 Å². The van der Waals surface area contributed by atoms with E-state index in [9.17, 15) is 15.0 Å². The Balaban J connectivity index is 2.83. The van der Waals surface area contributed by atoms with Crippen LogP contribution in [-0.2, 0) is 11.2 Å². The molecule has 1 rings (SSSR count). The third-order valence-electron chi connectivity index (χ3n) is 2.39. The highest BCUT2D eigenvalue weighted by Crippen LogP contribution is 2.23. The Morgan fingerprint density at radius 1 is 1.59 bits per heavy atom. The second-order valence-electron chi connectivity index (χ2n) is 3.78. The zero-order valence-corrected chi connectivity index (χ0v) is 10.2. The van der Waals surface area contributed by atoms with Gasteiger partial charge in [-0.15, -0.1) is 0 Å². The minimum atomic E-state index is -1.70. The third kappa shape index (κ3) is 3.42. The smallest absolute Gasteiger partial charge is 0.249 e. The third-order valence-corrected chi connectivity index (χ3v) is 2.68. The Morgan fingerprint density at radius 2 is 2.24 bits per heavy atom. The molecule has 1 heterocycles. The van der Waals surface area contributed by atoms with Gasteiger partial charge >= 0.3 is 0 Å². The van der Waals surface area contributed by atoms with Crippen molar-refractivity contribution in [2.45, 2.75) is 38.4 Å². The van der Waals surface area contributed by atoms with Crippen LogP contribution in [0.3, 0.4) is 0 Å². The fraction of sp³-hybridized carbons (Fsp3) is 0.600. The zero-order valence-electron chi connectivity index (χ0n) is 9.48. The van der Waals surface area contributed by atoms with Crippen LogP contribution < -0.4 is 5.73 Å². The number of halogens is 1. The number of hydrogen-bond donors (Lipinski definition) is 4. The van der Waals surface area contributed by atoms with Crippen LogP contribution in [0.4, 0.5) is 0 Å². The number of nitrogens with one attached hydrogen (secondary N) is 1. The van der Waals surface area contributed by atoms with Gasteiger partial charge in [-0.25, -0.2) is 4.98 Å². The fourth-order valence-corrected chi connectivity index (χ4v) is 1.65. The minimum absolute atomic E-state index is 0.0453. The number of aliphatic hydroxyl groups is 2. The van der Waals surface area contributed by atoms with Gasteiger partial charge in [0.15, 0.2) is 11.3 Å². The molecule has 1 aromatic heterocycles. The van der Waals surface area contributed by atoms with Gasteiger partial charge in [0, 0.05) is 6.42 Å². The first-order chi connectivity index (χ1) is 7.97. The van der Waals surface area contributed by atoms with Gasteiger partial charge in [0.2, 0.25) is 5.91 Å². The highest BCUT2D eigenvalue weighted by Gasteiger charge is 2.27. The summed E-state index contributed by atoms with van der Waals surface area (Å²) < 4.78 is 0. The molecule has 6 nitrogen and oxygen atoms in total. The number of aliphatic hydroxyl groups excluding tert-OH is 2. The topological polar surface area (TPSA) is 112 Å². The summed E-state index contributed by atoms with van der Waals surface area (Å²) >= 11 is 5.80. The monoisotopic (exact) mass is 261 g/mol. The Labute approximate surface area is 104 Å². The molecule has 2 atom stereocenters. The van der Waals surface area contributed by atoms with Crippen LogP contribution in [0, 0.1) is 0 Å². The second kappa shape index (κ2) is 6.00. The maximum absolute atomic E-state index is 10.7. The number of nitrogens with two attached hydrogens (primary N) is 1. The molecule has 17 heavy (non-hydrogen) atoms. The van der Waals surface area contributed by atoms with Gasteiger partial charge in [-0.05, 0) is 6.42 Å². The van der Waals surface area contributed by atoms with E-state index in [1.807, 2.05) is 6.92 Å². The normalized spacial score (nSPS) is 14.6. The number of H-pyrrole nitrogens is 1. The number of rotatable bonds is 6. The first-order valence-electron chi connectivity index (χ1n) is 5.37. The number of aromatic amines is 1. The Bertz CT molecular complexity index is 394. The van der Waals surface area contributed by atoms with Crippen molar-refractivity contribution in [2.24, 2.45) is 5.73 Å². The van der Waals surface area contributed by atoms with Crippen molar-refractivity contribution in [1.82, 2.24) is 9.97 Å². The second-order valence-corrected chi connectivity index (χ2v) is 4.14. The van der Waals surface area contributed by atoms with Gasteiger partial charge in [-0.3, -0.25) is 4.79 Å². The van der Waals surface area contributed by atoms with E-state index in [2.05, 4.69) is 9.97 Å². The molecule has 0 aliphatic carbocycles. The van der Waals surface area contributed by atoms with Crippen LogP contribution in [0.2, 0.25) is 5.15 Å². The van der Waals surface area contributed by atoms with Crippen molar-refractivity contribution in [3.63, 3.8) is 0 Å². The Morgan fingerprint density at radius 3 is 2.76 bits per heavy atom. The fourth-order valence-electron chi connectivity index (χ4n) is 1.39. The van der Waals surface area contributed by atoms with Crippen molar-refractivity contribution in [3.05, 3.63) is 16.7 Å². The van der Waals surface area contributed by atoms with E-state index in [0.717, 1.165) is 12.8 Å². The molecule has 1 amide bonds. The molecule has 0 fully saturated rings. The zero-order chi connectivity index (χ0) is 13.0. The lowest BCUT2D eigenvalue weighted by molar-refractivity contribution is -0.132. The first kappa shape index (κ1) is 14.0. The molecule has 2 unspecified atom stereocenters. The molecular weight excluding hydrogens is 246 g/mol. The maximum atomic E-state index is 10.7. The van der Waals surface area contributed by atoms with Crippen molar-refractivity contribution >= 4 is 17.5 Å². The van der Waals surface area contributed by atoms with Crippen LogP contribution in [0.5, 0.6) is 0 Å². The number of primary amides is 1. The summed E-state index contributed by atoms with van der Waals surface area (Å²) in [5, 5.41) is 19.0. The van der Waals surface area contributed by atoms with Crippen LogP contribution in [-0.4, -0.2) is 32.2 Å². The molecule has 0 saturated heterocycles. The Kier molecular flexibility index (Phi) is 4.92. The van der Waals surface area contributed by atoms with Crippen LogP contribution in [0.15, 0.2) is 0 Å². The van der Waals surface area contributed by atoms with Gasteiger partial charge in [0.25, 0.3) is 0 Å². The van der Waals surface area contributed by atoms with E-state index in [4.69, 9.17) is 17.3 Å². The summed E-state index contributed by atoms with van der Waals surface area (Å²) in [7, 11) is 0. The van der Waals surface area contributed by atoms with Gasteiger partial charge in [0.1, 0.15) is 11.9 Å². The van der Waals surface area contributed by atoms with Crippen LogP contribution in [0.1, 0.15) is 37.4 Å². The number of nitrogens with zero attached hydrogens (tertiary/aromatic N) is 1. The van der Waals surface area contributed by atoms with E-state index >= 15 is 0 Å². The molecule has 96 valence electrons. The molecule has 1 aromatic rings. The molecule has 7 heteroatoms. The number of hydrogen-bond acceptors (Lipinski definition) is 4. The molecule has 0 aliphatic heterocycles. The number of carbonyl (C=O) groups is 1. The lowest BCUT2D eigenvalue weighted by Crippen LogP contribution is -2.34. The number of amides is 1. The van der Waals surface area contributed by atoms with E-state index in [-0.39, 0.29) is 10.8 Å². The SMILES string of the molecule is CCCCc1nc(Cl)c(C(O)C(O)C(N)=O)[nH]1. The standard InChI is InChI=1S/C10H16ClN3O3/c1-2-3-4-5-13-6(9(11)14-5)7(15)8(16)10(12)17/h7-8,15-16H,2-4H2,1H3,(H2,12,17)(H,13,14). The van der Waals surface area contributed by atoms with Crippen LogP contribution >= 0.6 is 11.6 Å². The summed E-state index contributed by atoms with van der Waals surface area (Å²) in [5.41, 5.74) is 5.00. The molecule has 0 aromatic carbocycles. The number of aryl methyl sites for hydroxylation is 1. The molecule has 0 spiro atoms. The van der Waals surface area contributed by atoms with E-state index in [1.54, 1.807) is 0 Å². The Hall–Kier alpha value is -1.11. The highest BCUT2D eigenvalue weighted by molar-refractivity contribution is 6.30. The molecule has 0 saturated carbocycles. The highest BCUT2D eigenvalue weighted by atomic mass is 35.5. The maximum Gasteiger partial charge on any atom is 0.249 e. The summed E-state index contributed by atoms with van der Waals surface area (Å²) in [6, 6.07) is 0. The van der Waals surface area contributed by atoms with Gasteiger partial charge in [-0.2, -0.15) is 0 Å². The summed E-state index contributed by atoms with van der Waals surface area (Å²) in [4.78, 5) is 17.5. The average Bonchev–Trinajstić information content (AvgIpc) is 2.65. The number of unbranched alkanes of at least 4 members (excludes halogenated alkanes) is 1. The van der Waals surface area contributed by atoms with E-state index in [1.165, 1.54) is 0 Å². The quantitative estimate of drug-likeness (QED) is 0.589. The molecule has 0 aliphatic rings. The first-order valence-corrected chi connectivity index (χ1v) is 5.74. The minimum Gasteiger partial charge on any atom is -0.383 e. The molecule has 5 N–H and O–H groups in total. The summed E-state index contributed by atoms with van der Waals surface area (Å²) in [6.45, 7) is 2.04. The number of carbonyl (C=O) groups excluding carboxylic acids is 1. The van der Waals surface area contributed by atoms with Gasteiger partial charge < -0.3 is 20.9 Å². The molecular formula is C10H16ClN3O3. The predicted octanol–water partition coefficient (Wildman–Crippen LogP) is 0.285. The molecule has 0 radical (unpaired) electrons. The predicted molar refractivity (Wildman–Crippen MR) is 62.4 cm³/mol. The van der Waals surface area contributed by atoms with Gasteiger partial charge in [-0.1, -0.05) is 24.9 Å². The largest absolute Gasteiger partial charge is 0.383 e. The lowest BCUT2D eigenvalue weighted by Gasteiger charge is -2.13. The average molecular weight is 262 g/mol. The molecule has 0 bridgehead atoms. The number of aromatic nitrogens is 2. The lowest BCUT2D eigenvalue weighted by atomic mass is 10.1. The van der Waals surface area contributed by atoms with E-state index in [0.29, 0.717) is 12.2 Å². The van der Waals surface area contributed by atoms with Crippen molar-refractivity contribution < 1.29 is 15.0 Å². The number of imidazole rings is 1. The van der Waals surface area contributed by atoms with E-state index < -0.39 is 18.1 Å². The van der Waals surface area contributed by atoms with Crippen molar-refractivity contribution in [3.8, 4) is 0 Å². The van der Waals surface area contributed by atoms with Gasteiger partial charge in [0.05, 0.1) is 5.69 Å².